The van der Waals surface area contributed by atoms with Crippen LogP contribution < -0.4 is 10.5 Å². The lowest BCUT2D eigenvalue weighted by Gasteiger charge is -2.19. The maximum atomic E-state index is 10.6. The number of carboxylic acids is 1. The van der Waals surface area contributed by atoms with Crippen molar-refractivity contribution in [1.82, 2.24) is 0 Å². The monoisotopic (exact) mass is 271 g/mol. The minimum Gasteiger partial charge on any atom is -0.491 e. The summed E-state index contributed by atoms with van der Waals surface area (Å²) < 4.78 is 5.68. The number of hydrogen-bond acceptors (Lipinski definition) is 3. The van der Waals surface area contributed by atoms with E-state index in [9.17, 15) is 4.79 Å². The van der Waals surface area contributed by atoms with Crippen molar-refractivity contribution in [2.75, 3.05) is 6.54 Å². The highest BCUT2D eigenvalue weighted by atomic mass is 35.5. The topological polar surface area (TPSA) is 72.6 Å². The highest BCUT2D eigenvalue weighted by Gasteiger charge is 2.16. The zero-order valence-corrected chi connectivity index (χ0v) is 11.1. The van der Waals surface area contributed by atoms with Crippen molar-refractivity contribution < 1.29 is 14.6 Å². The molecule has 100 valence electrons. The quantitative estimate of drug-likeness (QED) is 0.799. The number of benzene rings is 1. The lowest BCUT2D eigenvalue weighted by atomic mass is 9.99. The fourth-order valence-corrected chi connectivity index (χ4v) is 1.90. The number of halogens is 1. The highest BCUT2D eigenvalue weighted by Crippen LogP contribution is 2.19. The molecule has 0 radical (unpaired) electrons. The van der Waals surface area contributed by atoms with Crippen LogP contribution >= 0.6 is 11.6 Å². The first kappa shape index (κ1) is 14.8. The summed E-state index contributed by atoms with van der Waals surface area (Å²) in [6.07, 6.45) is 0.607. The van der Waals surface area contributed by atoms with Crippen LogP contribution in [0.25, 0.3) is 0 Å². The molecule has 0 heterocycles. The van der Waals surface area contributed by atoms with Crippen molar-refractivity contribution in [1.29, 1.82) is 0 Å². The third-order valence-electron chi connectivity index (χ3n) is 2.61. The lowest BCUT2D eigenvalue weighted by Crippen LogP contribution is -2.24. The first-order valence-electron chi connectivity index (χ1n) is 5.85. The van der Waals surface area contributed by atoms with Crippen LogP contribution in [0.1, 0.15) is 19.8 Å². The normalized spacial score (nSPS) is 13.9. The van der Waals surface area contributed by atoms with Crippen LogP contribution in [0.15, 0.2) is 24.3 Å². The lowest BCUT2D eigenvalue weighted by molar-refractivity contribution is -0.138. The van der Waals surface area contributed by atoms with Gasteiger partial charge in [0.05, 0.1) is 6.10 Å². The van der Waals surface area contributed by atoms with Gasteiger partial charge in [-0.1, -0.05) is 11.6 Å². The Morgan fingerprint density at radius 3 is 2.56 bits per heavy atom. The molecule has 5 heteroatoms. The summed E-state index contributed by atoms with van der Waals surface area (Å²) in [6, 6.07) is 7.07. The van der Waals surface area contributed by atoms with Gasteiger partial charge in [-0.15, -0.1) is 0 Å². The maximum Gasteiger partial charge on any atom is 0.303 e. The second-order valence-corrected chi connectivity index (χ2v) is 4.75. The first-order valence-corrected chi connectivity index (χ1v) is 6.23. The molecule has 3 N–H and O–H groups in total. The van der Waals surface area contributed by atoms with Gasteiger partial charge >= 0.3 is 5.97 Å². The minimum atomic E-state index is -0.829. The van der Waals surface area contributed by atoms with Gasteiger partial charge in [-0.05, 0) is 50.1 Å². The maximum absolute atomic E-state index is 10.6. The van der Waals surface area contributed by atoms with E-state index in [1.54, 1.807) is 24.3 Å². The average Bonchev–Trinajstić information content (AvgIpc) is 2.30. The largest absolute Gasteiger partial charge is 0.491 e. The Balaban J connectivity index is 2.46. The third-order valence-corrected chi connectivity index (χ3v) is 2.86. The predicted molar refractivity (Wildman–Crippen MR) is 71.0 cm³/mol. The fourth-order valence-electron chi connectivity index (χ4n) is 1.77. The van der Waals surface area contributed by atoms with E-state index >= 15 is 0 Å². The fraction of sp³-hybridized carbons (Fsp3) is 0.462. The molecule has 0 aliphatic carbocycles. The van der Waals surface area contributed by atoms with Gasteiger partial charge in [-0.25, -0.2) is 0 Å². The zero-order chi connectivity index (χ0) is 13.5. The van der Waals surface area contributed by atoms with Gasteiger partial charge in [0.1, 0.15) is 5.75 Å². The summed E-state index contributed by atoms with van der Waals surface area (Å²) in [5, 5.41) is 9.39. The Morgan fingerprint density at radius 1 is 1.44 bits per heavy atom. The van der Waals surface area contributed by atoms with Crippen molar-refractivity contribution in [3.63, 3.8) is 0 Å². The molecule has 0 bridgehead atoms. The van der Waals surface area contributed by atoms with Gasteiger partial charge in [0.2, 0.25) is 0 Å². The molecule has 4 nitrogen and oxygen atoms in total. The smallest absolute Gasteiger partial charge is 0.303 e. The molecular formula is C13H18ClNO3. The molecule has 1 rings (SSSR count). The Morgan fingerprint density at radius 2 is 2.06 bits per heavy atom. The van der Waals surface area contributed by atoms with Crippen molar-refractivity contribution in [2.24, 2.45) is 11.7 Å². The molecule has 2 atom stereocenters. The van der Waals surface area contributed by atoms with Crippen LogP contribution in [0, 0.1) is 5.92 Å². The summed E-state index contributed by atoms with van der Waals surface area (Å²) >= 11 is 5.77. The number of nitrogens with two attached hydrogens (primary N) is 1. The van der Waals surface area contributed by atoms with Gasteiger partial charge in [-0.2, -0.15) is 0 Å². The summed E-state index contributed by atoms with van der Waals surface area (Å²) in [6.45, 7) is 2.25. The number of aliphatic carboxylic acids is 1. The third kappa shape index (κ3) is 5.38. The predicted octanol–water partition coefficient (Wildman–Crippen LogP) is 2.55. The summed E-state index contributed by atoms with van der Waals surface area (Å²) in [5.41, 5.74) is 5.55. The number of carboxylic acid groups (broad SMARTS) is 1. The Labute approximate surface area is 112 Å². The van der Waals surface area contributed by atoms with Gasteiger partial charge < -0.3 is 15.6 Å². The summed E-state index contributed by atoms with van der Waals surface area (Å²) in [4.78, 5) is 10.6. The second-order valence-electron chi connectivity index (χ2n) is 4.32. The second kappa shape index (κ2) is 7.24. The first-order chi connectivity index (χ1) is 8.51. The molecule has 1 aromatic rings. The summed E-state index contributed by atoms with van der Waals surface area (Å²) in [5.74, 6) is -0.174. The van der Waals surface area contributed by atoms with Gasteiger partial charge in [0.25, 0.3) is 0 Å². The number of hydrogen-bond donors (Lipinski definition) is 2. The van der Waals surface area contributed by atoms with Crippen LogP contribution in [0.3, 0.4) is 0 Å². The molecule has 0 aromatic heterocycles. The number of ether oxygens (including phenoxy) is 1. The summed E-state index contributed by atoms with van der Waals surface area (Å²) in [7, 11) is 0. The van der Waals surface area contributed by atoms with Crippen molar-refractivity contribution in [3.05, 3.63) is 29.3 Å². The van der Waals surface area contributed by atoms with Crippen LogP contribution in [-0.4, -0.2) is 23.7 Å². The van der Waals surface area contributed by atoms with Crippen molar-refractivity contribution in [2.45, 2.75) is 25.9 Å². The zero-order valence-electron chi connectivity index (χ0n) is 10.3. The molecule has 1 aromatic carbocycles. The standard InChI is InChI=1S/C13H18ClNO3/c1-9(6-10(8-15)7-13(16)17)18-12-4-2-11(14)3-5-12/h2-5,9-10H,6-8,15H2,1H3,(H,16,17)/t9-,10-/m0/s1. The molecule has 0 aliphatic rings. The highest BCUT2D eigenvalue weighted by molar-refractivity contribution is 6.30. The SMILES string of the molecule is C[C@@H](C[C@H](CN)CC(=O)O)Oc1ccc(Cl)cc1. The molecule has 18 heavy (non-hydrogen) atoms. The minimum absolute atomic E-state index is 0.0650. The Bertz CT molecular complexity index is 380. The van der Waals surface area contributed by atoms with E-state index in [-0.39, 0.29) is 18.4 Å². The van der Waals surface area contributed by atoms with Gasteiger partial charge in [-0.3, -0.25) is 4.79 Å². The molecule has 0 fully saturated rings. The van der Waals surface area contributed by atoms with Crippen LogP contribution in [0.4, 0.5) is 0 Å². The Hall–Kier alpha value is -1.26. The van der Waals surface area contributed by atoms with E-state index in [1.807, 2.05) is 6.92 Å². The van der Waals surface area contributed by atoms with E-state index in [0.717, 1.165) is 5.75 Å². The van der Waals surface area contributed by atoms with Gasteiger partial charge in [0, 0.05) is 11.4 Å². The average molecular weight is 272 g/mol. The van der Waals surface area contributed by atoms with E-state index in [1.165, 1.54) is 0 Å². The number of carbonyl (C=O) groups is 1. The molecule has 0 spiro atoms. The molecule has 0 aliphatic heterocycles. The van der Waals surface area contributed by atoms with E-state index < -0.39 is 5.97 Å². The van der Waals surface area contributed by atoms with Crippen molar-refractivity contribution >= 4 is 17.6 Å². The van der Waals surface area contributed by atoms with E-state index in [4.69, 9.17) is 27.2 Å². The van der Waals surface area contributed by atoms with E-state index in [0.29, 0.717) is 18.0 Å². The van der Waals surface area contributed by atoms with Gasteiger partial charge in [0.15, 0.2) is 0 Å². The van der Waals surface area contributed by atoms with Crippen LogP contribution in [0.2, 0.25) is 5.02 Å². The number of rotatable bonds is 7. The molecule has 0 unspecified atom stereocenters. The van der Waals surface area contributed by atoms with Crippen molar-refractivity contribution in [3.8, 4) is 5.75 Å². The van der Waals surface area contributed by atoms with Crippen LogP contribution in [-0.2, 0) is 4.79 Å². The molecule has 0 saturated heterocycles. The van der Waals surface area contributed by atoms with E-state index in [2.05, 4.69) is 0 Å². The molecule has 0 amide bonds. The molecular weight excluding hydrogens is 254 g/mol. The molecule has 0 saturated carbocycles. The van der Waals surface area contributed by atoms with Crippen LogP contribution in [0.5, 0.6) is 5.75 Å². The Kier molecular flexibility index (Phi) is 5.95.